The monoisotopic (exact) mass is 391 g/mol. The first-order chi connectivity index (χ1) is 13.4. The van der Waals surface area contributed by atoms with Crippen LogP contribution in [-0.4, -0.2) is 21.4 Å². The highest BCUT2D eigenvalue weighted by molar-refractivity contribution is 7.92. The number of hydrogen-bond acceptors (Lipinski definition) is 4. The molecule has 0 atom stereocenters. The maximum absolute atomic E-state index is 12.9. The molecule has 0 aliphatic heterocycles. The summed E-state index contributed by atoms with van der Waals surface area (Å²) >= 11 is 0. The third-order valence-corrected chi connectivity index (χ3v) is 5.93. The topological polar surface area (TPSA) is 90.3 Å². The van der Waals surface area contributed by atoms with Gasteiger partial charge in [-0.25, -0.2) is 8.42 Å². The summed E-state index contributed by atoms with van der Waals surface area (Å²) in [5.74, 6) is -0.393. The molecule has 6 nitrogen and oxygen atoms in total. The Kier molecular flexibility index (Phi) is 5.43. The number of benzene rings is 3. The van der Waals surface area contributed by atoms with Crippen molar-refractivity contribution in [1.29, 1.82) is 5.26 Å². The molecular formula is C21H17N3O3S. The molecule has 7 heteroatoms. The lowest BCUT2D eigenvalue weighted by atomic mass is 10.1. The molecular weight excluding hydrogens is 374 g/mol. The van der Waals surface area contributed by atoms with Crippen LogP contribution < -0.4 is 9.62 Å². The van der Waals surface area contributed by atoms with Crippen LogP contribution in [0.2, 0.25) is 0 Å². The van der Waals surface area contributed by atoms with Crippen LogP contribution in [0.1, 0.15) is 15.9 Å². The summed E-state index contributed by atoms with van der Waals surface area (Å²) in [6, 6.07) is 23.0. The zero-order valence-electron chi connectivity index (χ0n) is 15.0. The maximum atomic E-state index is 12.9. The number of hydrogen-bond donors (Lipinski definition) is 1. The van der Waals surface area contributed by atoms with E-state index in [1.165, 1.54) is 35.6 Å². The third-order valence-electron chi connectivity index (χ3n) is 4.15. The van der Waals surface area contributed by atoms with Crippen LogP contribution in [0.25, 0.3) is 0 Å². The fourth-order valence-corrected chi connectivity index (χ4v) is 3.81. The molecule has 140 valence electrons. The first kappa shape index (κ1) is 19.1. The van der Waals surface area contributed by atoms with Crippen LogP contribution in [-0.2, 0) is 10.0 Å². The minimum atomic E-state index is -3.78. The molecule has 1 amide bonds. The normalized spacial score (nSPS) is 10.7. The molecule has 0 fully saturated rings. The van der Waals surface area contributed by atoms with Gasteiger partial charge in [0.05, 0.1) is 22.2 Å². The Balaban J connectivity index is 1.83. The van der Waals surface area contributed by atoms with E-state index < -0.39 is 15.9 Å². The molecule has 3 rings (SSSR count). The van der Waals surface area contributed by atoms with Crippen LogP contribution in [0.15, 0.2) is 83.8 Å². The number of nitrogens with one attached hydrogen (secondary N) is 1. The first-order valence-corrected chi connectivity index (χ1v) is 9.81. The van der Waals surface area contributed by atoms with Gasteiger partial charge in [0.2, 0.25) is 0 Å². The molecule has 0 bridgehead atoms. The summed E-state index contributed by atoms with van der Waals surface area (Å²) in [6.45, 7) is 0. The SMILES string of the molecule is CN(c1ccccc1)S(=O)(=O)c1cccc(NC(=O)c2ccc(C#N)cc2)c1. The van der Waals surface area contributed by atoms with Gasteiger partial charge in [0.1, 0.15) is 0 Å². The molecule has 0 aliphatic carbocycles. The Morgan fingerprint density at radius 3 is 2.29 bits per heavy atom. The standard InChI is InChI=1S/C21H17N3O3S/c1-24(19-7-3-2-4-8-19)28(26,27)20-9-5-6-18(14-20)23-21(25)17-12-10-16(15-22)11-13-17/h2-14H,1H3,(H,23,25). The molecule has 3 aromatic rings. The number of anilines is 2. The van der Waals surface area contributed by atoms with Gasteiger partial charge >= 0.3 is 0 Å². The van der Waals surface area contributed by atoms with Crippen molar-refractivity contribution in [3.63, 3.8) is 0 Å². The van der Waals surface area contributed by atoms with E-state index in [4.69, 9.17) is 5.26 Å². The van der Waals surface area contributed by atoms with Gasteiger partial charge in [-0.2, -0.15) is 5.26 Å². The van der Waals surface area contributed by atoms with E-state index in [1.807, 2.05) is 12.1 Å². The molecule has 0 unspecified atom stereocenters. The van der Waals surface area contributed by atoms with Gasteiger partial charge in [-0.3, -0.25) is 9.10 Å². The van der Waals surface area contributed by atoms with Crippen LogP contribution >= 0.6 is 0 Å². The van der Waals surface area contributed by atoms with E-state index >= 15 is 0 Å². The van der Waals surface area contributed by atoms with E-state index in [9.17, 15) is 13.2 Å². The smallest absolute Gasteiger partial charge is 0.264 e. The number of sulfonamides is 1. The number of para-hydroxylation sites is 1. The maximum Gasteiger partial charge on any atom is 0.264 e. The van der Waals surface area contributed by atoms with E-state index in [1.54, 1.807) is 48.5 Å². The highest BCUT2D eigenvalue weighted by Crippen LogP contribution is 2.24. The number of nitrogens with zero attached hydrogens (tertiary/aromatic N) is 2. The number of carbonyl (C=O) groups excluding carboxylic acids is 1. The molecule has 0 radical (unpaired) electrons. The van der Waals surface area contributed by atoms with Gasteiger partial charge < -0.3 is 5.32 Å². The number of rotatable bonds is 5. The molecule has 0 spiro atoms. The summed E-state index contributed by atoms with van der Waals surface area (Å²) in [6.07, 6.45) is 0. The molecule has 0 aromatic heterocycles. The van der Waals surface area contributed by atoms with Crippen LogP contribution in [0.3, 0.4) is 0 Å². The third kappa shape index (κ3) is 4.03. The Morgan fingerprint density at radius 2 is 1.64 bits per heavy atom. The first-order valence-electron chi connectivity index (χ1n) is 8.37. The van der Waals surface area contributed by atoms with Gasteiger partial charge in [0, 0.05) is 18.3 Å². The highest BCUT2D eigenvalue weighted by Gasteiger charge is 2.21. The van der Waals surface area contributed by atoms with Crippen LogP contribution in [0.4, 0.5) is 11.4 Å². The quantitative estimate of drug-likeness (QED) is 0.719. The van der Waals surface area contributed by atoms with Crippen molar-refractivity contribution < 1.29 is 13.2 Å². The van der Waals surface area contributed by atoms with Crippen LogP contribution in [0.5, 0.6) is 0 Å². The Hall–Kier alpha value is -3.63. The van der Waals surface area contributed by atoms with E-state index in [-0.39, 0.29) is 4.90 Å². The number of amides is 1. The minimum Gasteiger partial charge on any atom is -0.322 e. The summed E-state index contributed by atoms with van der Waals surface area (Å²) in [7, 11) is -2.30. The zero-order chi connectivity index (χ0) is 20.1. The van der Waals surface area contributed by atoms with E-state index in [0.717, 1.165) is 0 Å². The van der Waals surface area contributed by atoms with Gasteiger partial charge in [-0.05, 0) is 54.6 Å². The van der Waals surface area contributed by atoms with Crippen LogP contribution in [0, 0.1) is 11.3 Å². The lowest BCUT2D eigenvalue weighted by Crippen LogP contribution is -2.26. The van der Waals surface area contributed by atoms with Gasteiger partial charge in [-0.15, -0.1) is 0 Å². The van der Waals surface area contributed by atoms with Crippen molar-refractivity contribution in [3.05, 3.63) is 90.0 Å². The second-order valence-electron chi connectivity index (χ2n) is 5.98. The van der Waals surface area contributed by atoms with Gasteiger partial charge in [-0.1, -0.05) is 24.3 Å². The Bertz CT molecular complexity index is 1140. The molecule has 0 saturated heterocycles. The molecule has 1 N–H and O–H groups in total. The van der Waals surface area contributed by atoms with Crippen molar-refractivity contribution in [1.82, 2.24) is 0 Å². The summed E-state index contributed by atoms with van der Waals surface area (Å²) in [4.78, 5) is 12.4. The van der Waals surface area contributed by atoms with Crippen molar-refractivity contribution >= 4 is 27.3 Å². The lowest BCUT2D eigenvalue weighted by Gasteiger charge is -2.19. The van der Waals surface area contributed by atoms with E-state index in [2.05, 4.69) is 5.32 Å². The molecule has 0 aliphatic rings. The Morgan fingerprint density at radius 1 is 0.964 bits per heavy atom. The van der Waals surface area contributed by atoms with Gasteiger partial charge in [0.15, 0.2) is 0 Å². The van der Waals surface area contributed by atoms with Crippen molar-refractivity contribution in [3.8, 4) is 6.07 Å². The summed E-state index contributed by atoms with van der Waals surface area (Å²) in [5.41, 5.74) is 1.72. The predicted molar refractivity (Wildman–Crippen MR) is 108 cm³/mol. The summed E-state index contributed by atoms with van der Waals surface area (Å²) < 4.78 is 27.0. The van der Waals surface area contributed by atoms with E-state index in [0.29, 0.717) is 22.5 Å². The largest absolute Gasteiger partial charge is 0.322 e. The fourth-order valence-electron chi connectivity index (χ4n) is 2.57. The average Bonchev–Trinajstić information content (AvgIpc) is 2.74. The van der Waals surface area contributed by atoms with Crippen molar-refractivity contribution in [2.45, 2.75) is 4.90 Å². The number of carbonyl (C=O) groups is 1. The highest BCUT2D eigenvalue weighted by atomic mass is 32.2. The number of nitriles is 1. The lowest BCUT2D eigenvalue weighted by molar-refractivity contribution is 0.102. The molecule has 0 heterocycles. The Labute approximate surface area is 163 Å². The molecule has 3 aromatic carbocycles. The van der Waals surface area contributed by atoms with Crippen molar-refractivity contribution in [2.75, 3.05) is 16.7 Å². The average molecular weight is 391 g/mol. The molecule has 28 heavy (non-hydrogen) atoms. The second kappa shape index (κ2) is 7.94. The second-order valence-corrected chi connectivity index (χ2v) is 7.95. The minimum absolute atomic E-state index is 0.0662. The zero-order valence-corrected chi connectivity index (χ0v) is 15.8. The van der Waals surface area contributed by atoms with Gasteiger partial charge in [0.25, 0.3) is 15.9 Å². The van der Waals surface area contributed by atoms with Crippen molar-refractivity contribution in [2.24, 2.45) is 0 Å². The summed E-state index contributed by atoms with van der Waals surface area (Å²) in [5, 5.41) is 11.5. The fraction of sp³-hybridized carbons (Fsp3) is 0.0476. The predicted octanol–water partition coefficient (Wildman–Crippen LogP) is 3.64. The molecule has 0 saturated carbocycles.